The summed E-state index contributed by atoms with van der Waals surface area (Å²) in [6.45, 7) is 0.426. The van der Waals surface area contributed by atoms with Gasteiger partial charge >= 0.3 is 5.97 Å². The predicted octanol–water partition coefficient (Wildman–Crippen LogP) is 3.85. The van der Waals surface area contributed by atoms with E-state index in [0.29, 0.717) is 17.9 Å². The maximum Gasteiger partial charge on any atom is 0.328 e. The van der Waals surface area contributed by atoms with E-state index in [1.807, 2.05) is 54.6 Å². The zero-order valence-electron chi connectivity index (χ0n) is 17.2. The van der Waals surface area contributed by atoms with Crippen molar-refractivity contribution in [2.24, 2.45) is 0 Å². The Balaban J connectivity index is 1.63. The fourth-order valence-electron chi connectivity index (χ4n) is 3.15. The third-order valence-electron chi connectivity index (χ3n) is 4.66. The van der Waals surface area contributed by atoms with Crippen LogP contribution in [-0.4, -0.2) is 25.0 Å². The van der Waals surface area contributed by atoms with Gasteiger partial charge in [-0.15, -0.1) is 0 Å². The summed E-state index contributed by atoms with van der Waals surface area (Å²) in [7, 11) is 1.27. The molecule has 1 amide bonds. The molecule has 1 atom stereocenters. The highest BCUT2D eigenvalue weighted by molar-refractivity contribution is 5.85. The number of methoxy groups -OCH3 is 1. The van der Waals surface area contributed by atoms with Crippen LogP contribution in [0.2, 0.25) is 0 Å². The van der Waals surface area contributed by atoms with Crippen LogP contribution in [0.3, 0.4) is 0 Å². The summed E-state index contributed by atoms with van der Waals surface area (Å²) in [6.07, 6.45) is 0.204. The Morgan fingerprint density at radius 3 is 2.35 bits per heavy atom. The van der Waals surface area contributed by atoms with Crippen molar-refractivity contribution in [3.8, 4) is 5.75 Å². The Morgan fingerprint density at radius 2 is 1.61 bits per heavy atom. The van der Waals surface area contributed by atoms with Gasteiger partial charge in [0.25, 0.3) is 0 Å². The number of hydrogen-bond donors (Lipinski definition) is 1. The number of esters is 1. The lowest BCUT2D eigenvalue weighted by atomic mass is 10.0. The summed E-state index contributed by atoms with van der Waals surface area (Å²) in [5.74, 6) is -0.695. The van der Waals surface area contributed by atoms with Gasteiger partial charge in [0.15, 0.2) is 0 Å². The minimum absolute atomic E-state index is 0.0362. The lowest BCUT2D eigenvalue weighted by molar-refractivity contribution is -0.145. The van der Waals surface area contributed by atoms with Gasteiger partial charge in [-0.25, -0.2) is 9.18 Å². The van der Waals surface area contributed by atoms with Crippen molar-refractivity contribution in [3.05, 3.63) is 101 Å². The summed E-state index contributed by atoms with van der Waals surface area (Å²) >= 11 is 0. The van der Waals surface area contributed by atoms with E-state index in [4.69, 9.17) is 9.47 Å². The van der Waals surface area contributed by atoms with Gasteiger partial charge in [0.1, 0.15) is 24.2 Å². The highest BCUT2D eigenvalue weighted by Crippen LogP contribution is 2.17. The van der Waals surface area contributed by atoms with Gasteiger partial charge in [0.05, 0.1) is 13.5 Å². The fraction of sp³-hybridized carbons (Fsp3) is 0.200. The molecule has 6 heteroatoms. The first kappa shape index (κ1) is 22.0. The van der Waals surface area contributed by atoms with Gasteiger partial charge in [-0.2, -0.15) is 0 Å². The van der Waals surface area contributed by atoms with Crippen molar-refractivity contribution in [2.75, 3.05) is 7.11 Å². The number of carbonyl (C=O) groups excluding carboxylic acids is 2. The number of rotatable bonds is 9. The Kier molecular flexibility index (Phi) is 7.76. The molecule has 0 heterocycles. The third kappa shape index (κ3) is 6.96. The van der Waals surface area contributed by atoms with E-state index in [2.05, 4.69) is 5.32 Å². The molecule has 0 unspecified atom stereocenters. The van der Waals surface area contributed by atoms with Gasteiger partial charge in [-0.3, -0.25) is 4.79 Å². The van der Waals surface area contributed by atoms with Crippen LogP contribution in [-0.2, 0) is 33.8 Å². The predicted molar refractivity (Wildman–Crippen MR) is 115 cm³/mol. The minimum atomic E-state index is -0.865. The second-order valence-electron chi connectivity index (χ2n) is 7.08. The average molecular weight is 421 g/mol. The van der Waals surface area contributed by atoms with Gasteiger partial charge in [0, 0.05) is 6.42 Å². The molecule has 3 aromatic carbocycles. The number of benzene rings is 3. The molecule has 0 aliphatic rings. The highest BCUT2D eigenvalue weighted by atomic mass is 19.1. The van der Waals surface area contributed by atoms with Crippen molar-refractivity contribution in [1.29, 1.82) is 0 Å². The maximum atomic E-state index is 13.3. The summed E-state index contributed by atoms with van der Waals surface area (Å²) in [5.41, 5.74) is 2.38. The molecule has 0 fully saturated rings. The number of nitrogens with one attached hydrogen (secondary N) is 1. The van der Waals surface area contributed by atoms with E-state index in [0.717, 1.165) is 11.1 Å². The number of amides is 1. The van der Waals surface area contributed by atoms with Crippen molar-refractivity contribution in [1.82, 2.24) is 5.32 Å². The van der Waals surface area contributed by atoms with Crippen molar-refractivity contribution < 1.29 is 23.5 Å². The van der Waals surface area contributed by atoms with E-state index in [-0.39, 0.29) is 12.8 Å². The second kappa shape index (κ2) is 10.9. The Labute approximate surface area is 180 Å². The van der Waals surface area contributed by atoms with Gasteiger partial charge in [-0.05, 0) is 41.0 Å². The lowest BCUT2D eigenvalue weighted by Gasteiger charge is -2.17. The normalized spacial score (nSPS) is 11.4. The van der Waals surface area contributed by atoms with Crippen LogP contribution in [0, 0.1) is 5.82 Å². The Morgan fingerprint density at radius 1 is 0.903 bits per heavy atom. The van der Waals surface area contributed by atoms with Crippen molar-refractivity contribution in [2.45, 2.75) is 25.5 Å². The molecule has 0 radical (unpaired) electrons. The number of halogens is 1. The molecule has 0 saturated carbocycles. The van der Waals surface area contributed by atoms with Crippen LogP contribution in [0.5, 0.6) is 5.75 Å². The molecule has 0 aliphatic carbocycles. The third-order valence-corrected chi connectivity index (χ3v) is 4.66. The van der Waals surface area contributed by atoms with Crippen molar-refractivity contribution in [3.63, 3.8) is 0 Å². The van der Waals surface area contributed by atoms with Crippen LogP contribution in [0.1, 0.15) is 16.7 Å². The standard InChI is InChI=1S/C25H24FNO4/c1-30-25(29)23(27-24(28)16-19-9-5-11-21(26)13-19)15-20-10-6-12-22(14-20)31-17-18-7-3-2-4-8-18/h2-14,23H,15-17H2,1H3,(H,27,28)/t23-/m1/s1. The molecule has 0 bridgehead atoms. The van der Waals surface area contributed by atoms with Crippen LogP contribution in [0.15, 0.2) is 78.9 Å². The first-order chi connectivity index (χ1) is 15.0. The van der Waals surface area contributed by atoms with Crippen LogP contribution in [0.25, 0.3) is 0 Å². The van der Waals surface area contributed by atoms with E-state index < -0.39 is 23.7 Å². The SMILES string of the molecule is COC(=O)[C@@H](Cc1cccc(OCc2ccccc2)c1)NC(=O)Cc1cccc(F)c1. The summed E-state index contributed by atoms with van der Waals surface area (Å²) < 4.78 is 24.0. The topological polar surface area (TPSA) is 64.6 Å². The van der Waals surface area contributed by atoms with Crippen LogP contribution in [0.4, 0.5) is 4.39 Å². The second-order valence-corrected chi connectivity index (χ2v) is 7.08. The molecule has 0 spiro atoms. The number of hydrogen-bond acceptors (Lipinski definition) is 4. The smallest absolute Gasteiger partial charge is 0.328 e. The Bertz CT molecular complexity index is 1020. The molecule has 3 aromatic rings. The highest BCUT2D eigenvalue weighted by Gasteiger charge is 2.22. The van der Waals surface area contributed by atoms with Gasteiger partial charge in [-0.1, -0.05) is 54.6 Å². The summed E-state index contributed by atoms with van der Waals surface area (Å²) in [5, 5.41) is 2.68. The molecule has 0 saturated heterocycles. The zero-order chi connectivity index (χ0) is 22.1. The lowest BCUT2D eigenvalue weighted by Crippen LogP contribution is -2.43. The average Bonchev–Trinajstić information content (AvgIpc) is 2.77. The number of carbonyl (C=O) groups is 2. The zero-order valence-corrected chi connectivity index (χ0v) is 17.2. The molecule has 0 aromatic heterocycles. The van der Waals surface area contributed by atoms with E-state index >= 15 is 0 Å². The molecular weight excluding hydrogens is 397 g/mol. The molecule has 1 N–H and O–H groups in total. The van der Waals surface area contributed by atoms with Crippen LogP contribution >= 0.6 is 0 Å². The van der Waals surface area contributed by atoms with Gasteiger partial charge < -0.3 is 14.8 Å². The molecule has 0 aliphatic heterocycles. The van der Waals surface area contributed by atoms with Gasteiger partial charge in [0.2, 0.25) is 5.91 Å². The largest absolute Gasteiger partial charge is 0.489 e. The molecule has 5 nitrogen and oxygen atoms in total. The minimum Gasteiger partial charge on any atom is -0.489 e. The molecule has 160 valence electrons. The summed E-state index contributed by atoms with van der Waals surface area (Å²) in [6, 6.07) is 22.1. The molecule has 31 heavy (non-hydrogen) atoms. The van der Waals surface area contributed by atoms with E-state index in [9.17, 15) is 14.0 Å². The summed E-state index contributed by atoms with van der Waals surface area (Å²) in [4.78, 5) is 24.6. The van der Waals surface area contributed by atoms with Crippen LogP contribution < -0.4 is 10.1 Å². The monoisotopic (exact) mass is 421 g/mol. The first-order valence-corrected chi connectivity index (χ1v) is 9.91. The number of ether oxygens (including phenoxy) is 2. The Hall–Kier alpha value is -3.67. The van der Waals surface area contributed by atoms with E-state index in [1.54, 1.807) is 6.07 Å². The first-order valence-electron chi connectivity index (χ1n) is 9.91. The fourth-order valence-corrected chi connectivity index (χ4v) is 3.15. The quantitative estimate of drug-likeness (QED) is 0.533. The maximum absolute atomic E-state index is 13.3. The van der Waals surface area contributed by atoms with E-state index in [1.165, 1.54) is 25.3 Å². The van der Waals surface area contributed by atoms with Crippen molar-refractivity contribution >= 4 is 11.9 Å². The molecule has 3 rings (SSSR count). The molecular formula is C25H24FNO4.